The Morgan fingerprint density at radius 3 is 2.90 bits per heavy atom. The number of hydrogen-bond donors (Lipinski definition) is 1. The summed E-state index contributed by atoms with van der Waals surface area (Å²) >= 11 is 0. The van der Waals surface area contributed by atoms with Crippen molar-refractivity contribution in [1.82, 2.24) is 0 Å². The molecule has 2 rings (SSSR count). The molecule has 1 amide bonds. The van der Waals surface area contributed by atoms with Crippen LogP contribution in [0, 0.1) is 10.1 Å². The van der Waals surface area contributed by atoms with Crippen LogP contribution in [-0.4, -0.2) is 31.0 Å². The molecule has 7 heteroatoms. The number of fused-ring (bicyclic) bond motifs is 1. The number of amides is 1. The van der Waals surface area contributed by atoms with E-state index in [1.54, 1.807) is 18.0 Å². The van der Waals surface area contributed by atoms with Gasteiger partial charge in [0.25, 0.3) is 11.6 Å². The summed E-state index contributed by atoms with van der Waals surface area (Å²) in [5.41, 5.74) is 1.65. The van der Waals surface area contributed by atoms with E-state index in [1.807, 2.05) is 6.92 Å². The van der Waals surface area contributed by atoms with Crippen molar-refractivity contribution in [2.24, 2.45) is 0 Å². The van der Waals surface area contributed by atoms with Crippen LogP contribution in [0.4, 0.5) is 17.1 Å². The Bertz CT molecular complexity index is 598. The quantitative estimate of drug-likeness (QED) is 0.516. The topological polar surface area (TPSA) is 84.7 Å². The Kier molecular flexibility index (Phi) is 3.60. The van der Waals surface area contributed by atoms with E-state index in [0.29, 0.717) is 23.7 Å². The monoisotopic (exact) mass is 277 g/mol. The van der Waals surface area contributed by atoms with Crippen LogP contribution >= 0.6 is 0 Å². The van der Waals surface area contributed by atoms with E-state index < -0.39 is 4.92 Å². The maximum absolute atomic E-state index is 11.3. The van der Waals surface area contributed by atoms with Gasteiger partial charge in [-0.15, -0.1) is 0 Å². The van der Waals surface area contributed by atoms with Gasteiger partial charge >= 0.3 is 0 Å². The number of nitrogens with one attached hydrogen (secondary N) is 1. The van der Waals surface area contributed by atoms with Crippen LogP contribution in [0.1, 0.15) is 6.92 Å². The number of ether oxygens (including phenoxy) is 1. The normalized spacial score (nSPS) is 13.0. The molecule has 7 nitrogen and oxygen atoms in total. The maximum Gasteiger partial charge on any atom is 0.296 e. The van der Waals surface area contributed by atoms with Crippen molar-refractivity contribution in [3.05, 3.63) is 34.4 Å². The number of rotatable bonds is 4. The molecule has 1 heterocycles. The van der Waals surface area contributed by atoms with Gasteiger partial charge in [-0.25, -0.2) is 0 Å². The summed E-state index contributed by atoms with van der Waals surface area (Å²) in [7, 11) is 1.73. The molecule has 0 aliphatic carbocycles. The van der Waals surface area contributed by atoms with Gasteiger partial charge in [0.15, 0.2) is 12.4 Å². The average Bonchev–Trinajstić information content (AvgIpc) is 2.36. The number of likely N-dealkylation sites (N-methyl/N-ethyl adjacent to an activating group) is 1. The van der Waals surface area contributed by atoms with Gasteiger partial charge in [0, 0.05) is 13.6 Å². The van der Waals surface area contributed by atoms with Crippen molar-refractivity contribution < 1.29 is 14.5 Å². The molecule has 1 aromatic rings. The van der Waals surface area contributed by atoms with E-state index in [-0.39, 0.29) is 18.2 Å². The van der Waals surface area contributed by atoms with E-state index in [9.17, 15) is 14.9 Å². The van der Waals surface area contributed by atoms with Crippen molar-refractivity contribution in [3.63, 3.8) is 0 Å². The molecule has 0 fully saturated rings. The summed E-state index contributed by atoms with van der Waals surface area (Å²) in [6, 6.07) is 2.88. The lowest BCUT2D eigenvalue weighted by Crippen LogP contribution is -2.26. The zero-order valence-corrected chi connectivity index (χ0v) is 11.3. The van der Waals surface area contributed by atoms with Gasteiger partial charge in [-0.05, 0) is 13.0 Å². The molecule has 0 aromatic heterocycles. The summed E-state index contributed by atoms with van der Waals surface area (Å²) in [6.07, 6.45) is 0. The van der Waals surface area contributed by atoms with Gasteiger partial charge in [0.05, 0.1) is 16.7 Å². The highest BCUT2D eigenvalue weighted by Gasteiger charge is 2.25. The van der Waals surface area contributed by atoms with Crippen LogP contribution in [0.25, 0.3) is 0 Å². The second-order valence-corrected chi connectivity index (χ2v) is 4.74. The first-order valence-electron chi connectivity index (χ1n) is 5.99. The third kappa shape index (κ3) is 2.71. The number of nitrogens with zero attached hydrogens (tertiary/aromatic N) is 2. The Morgan fingerprint density at radius 1 is 1.60 bits per heavy atom. The van der Waals surface area contributed by atoms with Crippen molar-refractivity contribution in [1.29, 1.82) is 0 Å². The number of carbonyl (C=O) groups excluding carboxylic acids is 1. The lowest BCUT2D eigenvalue weighted by atomic mass is 10.1. The average molecular weight is 277 g/mol. The lowest BCUT2D eigenvalue weighted by Gasteiger charge is -2.23. The summed E-state index contributed by atoms with van der Waals surface area (Å²) in [4.78, 5) is 23.7. The molecule has 0 bridgehead atoms. The van der Waals surface area contributed by atoms with Gasteiger partial charge in [0.2, 0.25) is 0 Å². The highest BCUT2D eigenvalue weighted by Crippen LogP contribution is 2.39. The molecule has 1 aliphatic rings. The molecular formula is C13H15N3O4. The highest BCUT2D eigenvalue weighted by atomic mass is 16.6. The van der Waals surface area contributed by atoms with Crippen LogP contribution in [0.2, 0.25) is 0 Å². The lowest BCUT2D eigenvalue weighted by molar-refractivity contribution is -0.384. The third-order valence-corrected chi connectivity index (χ3v) is 2.82. The highest BCUT2D eigenvalue weighted by molar-refractivity contribution is 5.96. The molecule has 1 aliphatic heterocycles. The van der Waals surface area contributed by atoms with Gasteiger partial charge < -0.3 is 15.0 Å². The molecule has 20 heavy (non-hydrogen) atoms. The Labute approximate surface area is 116 Å². The largest absolute Gasteiger partial charge is 0.481 e. The summed E-state index contributed by atoms with van der Waals surface area (Å²) in [6.45, 7) is 5.97. The molecule has 0 saturated heterocycles. The van der Waals surface area contributed by atoms with Crippen molar-refractivity contribution >= 4 is 23.0 Å². The number of benzene rings is 1. The second-order valence-electron chi connectivity index (χ2n) is 4.74. The Hall–Kier alpha value is -2.57. The predicted molar refractivity (Wildman–Crippen MR) is 75.3 cm³/mol. The van der Waals surface area contributed by atoms with Crippen LogP contribution < -0.4 is 15.0 Å². The number of anilines is 2. The smallest absolute Gasteiger partial charge is 0.296 e. The van der Waals surface area contributed by atoms with Crippen LogP contribution in [-0.2, 0) is 4.79 Å². The van der Waals surface area contributed by atoms with Crippen LogP contribution in [0.3, 0.4) is 0 Å². The van der Waals surface area contributed by atoms with Crippen LogP contribution in [0.5, 0.6) is 5.75 Å². The second kappa shape index (κ2) is 5.20. The summed E-state index contributed by atoms with van der Waals surface area (Å²) < 4.78 is 5.19. The SMILES string of the molecule is C=C(C)CN(C)c1cc2c(cc1[N+](=O)[O-])OCC(=O)N2. The van der Waals surface area contributed by atoms with E-state index in [1.165, 1.54) is 6.07 Å². The number of nitro groups is 1. The predicted octanol–water partition coefficient (Wildman–Crippen LogP) is 1.94. The molecular weight excluding hydrogens is 262 g/mol. The molecule has 1 N–H and O–H groups in total. The van der Waals surface area contributed by atoms with E-state index in [2.05, 4.69) is 11.9 Å². The fourth-order valence-corrected chi connectivity index (χ4v) is 2.05. The summed E-state index contributed by atoms with van der Waals surface area (Å²) in [5, 5.41) is 13.8. The number of carbonyl (C=O) groups is 1. The Balaban J connectivity index is 2.48. The third-order valence-electron chi connectivity index (χ3n) is 2.82. The zero-order valence-electron chi connectivity index (χ0n) is 11.3. The van der Waals surface area contributed by atoms with Crippen LogP contribution in [0.15, 0.2) is 24.3 Å². The molecule has 0 radical (unpaired) electrons. The molecule has 0 atom stereocenters. The van der Waals surface area contributed by atoms with Crippen molar-refractivity contribution in [2.45, 2.75) is 6.92 Å². The minimum Gasteiger partial charge on any atom is -0.481 e. The maximum atomic E-state index is 11.3. The van der Waals surface area contributed by atoms with Gasteiger partial charge in [-0.3, -0.25) is 14.9 Å². The number of hydrogen-bond acceptors (Lipinski definition) is 5. The van der Waals surface area contributed by atoms with E-state index in [0.717, 1.165) is 5.57 Å². The minimum atomic E-state index is -0.468. The molecule has 0 unspecified atom stereocenters. The van der Waals surface area contributed by atoms with Crippen molar-refractivity contribution in [2.75, 3.05) is 30.4 Å². The molecule has 1 aromatic carbocycles. The van der Waals surface area contributed by atoms with Gasteiger partial charge in [0.1, 0.15) is 5.69 Å². The molecule has 106 valence electrons. The van der Waals surface area contributed by atoms with Crippen molar-refractivity contribution in [3.8, 4) is 5.75 Å². The van der Waals surface area contributed by atoms with Gasteiger partial charge in [-0.1, -0.05) is 12.2 Å². The Morgan fingerprint density at radius 2 is 2.30 bits per heavy atom. The minimum absolute atomic E-state index is 0.0661. The fourth-order valence-electron chi connectivity index (χ4n) is 2.05. The molecule has 0 spiro atoms. The number of nitro benzene ring substituents is 1. The summed E-state index contributed by atoms with van der Waals surface area (Å²) in [5.74, 6) is 0.0311. The van der Waals surface area contributed by atoms with Gasteiger partial charge in [-0.2, -0.15) is 0 Å². The first kappa shape index (κ1) is 13.9. The standard InChI is InChI=1S/C13H15N3O4/c1-8(2)6-15(3)10-4-9-12(5-11(10)16(18)19)20-7-13(17)14-9/h4-5H,1,6-7H2,2-3H3,(H,14,17). The van der Waals surface area contributed by atoms with E-state index in [4.69, 9.17) is 4.74 Å². The molecule has 0 saturated carbocycles. The van der Waals surface area contributed by atoms with E-state index >= 15 is 0 Å². The first-order chi connectivity index (χ1) is 9.38. The first-order valence-corrected chi connectivity index (χ1v) is 5.99. The fraction of sp³-hybridized carbons (Fsp3) is 0.308. The zero-order chi connectivity index (χ0) is 14.9.